The van der Waals surface area contributed by atoms with Gasteiger partial charge < -0.3 is 9.63 Å². The Kier molecular flexibility index (Phi) is 5.07. The lowest BCUT2D eigenvalue weighted by Gasteiger charge is -2.15. The van der Waals surface area contributed by atoms with Crippen molar-refractivity contribution in [2.24, 2.45) is 0 Å². The number of carbonyl (C=O) groups is 1. The lowest BCUT2D eigenvalue weighted by Crippen LogP contribution is -2.44. The van der Waals surface area contributed by atoms with Crippen molar-refractivity contribution in [3.8, 4) is 22.8 Å². The minimum atomic E-state index is -4.07. The van der Waals surface area contributed by atoms with Gasteiger partial charge in [0.2, 0.25) is 15.8 Å². The van der Waals surface area contributed by atoms with Gasteiger partial charge in [0.1, 0.15) is 5.54 Å². The predicted molar refractivity (Wildman–Crippen MR) is 120 cm³/mol. The molecular formula is C24H19N3O5S. The van der Waals surface area contributed by atoms with Gasteiger partial charge in [0.25, 0.3) is 5.89 Å². The summed E-state index contributed by atoms with van der Waals surface area (Å²) in [6, 6.07) is 24.2. The normalized spacial score (nSPS) is 19.8. The summed E-state index contributed by atoms with van der Waals surface area (Å²) in [5.41, 5.74) is 0.568. The molecule has 1 saturated carbocycles. The lowest BCUT2D eigenvalue weighted by atomic mass is 10.1. The van der Waals surface area contributed by atoms with E-state index in [1.807, 2.05) is 36.4 Å². The second kappa shape index (κ2) is 7.95. The summed E-state index contributed by atoms with van der Waals surface area (Å²) >= 11 is 0. The summed E-state index contributed by atoms with van der Waals surface area (Å²) in [5.74, 6) is -0.954. The number of benzene rings is 3. The molecule has 1 heterocycles. The molecule has 0 radical (unpaired) electrons. The van der Waals surface area contributed by atoms with E-state index in [0.29, 0.717) is 17.3 Å². The van der Waals surface area contributed by atoms with Crippen molar-refractivity contribution in [1.29, 1.82) is 0 Å². The maximum absolute atomic E-state index is 13.0. The van der Waals surface area contributed by atoms with E-state index in [1.54, 1.807) is 36.4 Å². The Morgan fingerprint density at radius 1 is 0.939 bits per heavy atom. The van der Waals surface area contributed by atoms with Gasteiger partial charge in [-0.3, -0.25) is 4.79 Å². The Bertz CT molecular complexity index is 1400. The number of hydrogen-bond acceptors (Lipinski definition) is 6. The number of hydrogen-bond donors (Lipinski definition) is 2. The first kappa shape index (κ1) is 21.0. The zero-order valence-electron chi connectivity index (χ0n) is 17.3. The molecule has 0 bridgehead atoms. The number of nitrogens with one attached hydrogen (secondary N) is 1. The Morgan fingerprint density at radius 2 is 1.58 bits per heavy atom. The molecule has 3 aromatic carbocycles. The minimum Gasteiger partial charge on any atom is -0.480 e. The summed E-state index contributed by atoms with van der Waals surface area (Å²) in [7, 11) is -4.07. The highest BCUT2D eigenvalue weighted by molar-refractivity contribution is 7.89. The van der Waals surface area contributed by atoms with Crippen LogP contribution in [0.3, 0.4) is 0 Å². The summed E-state index contributed by atoms with van der Waals surface area (Å²) in [6.45, 7) is 0. The largest absolute Gasteiger partial charge is 0.480 e. The van der Waals surface area contributed by atoms with E-state index >= 15 is 0 Å². The third-order valence-electron chi connectivity index (χ3n) is 5.73. The fraction of sp³-hybridized carbons (Fsp3) is 0.125. The molecule has 0 saturated heterocycles. The molecule has 33 heavy (non-hydrogen) atoms. The third-order valence-corrected chi connectivity index (χ3v) is 7.26. The van der Waals surface area contributed by atoms with E-state index < -0.39 is 27.4 Å². The van der Waals surface area contributed by atoms with E-state index in [0.717, 1.165) is 11.1 Å². The van der Waals surface area contributed by atoms with E-state index in [9.17, 15) is 18.3 Å². The van der Waals surface area contributed by atoms with E-state index in [4.69, 9.17) is 4.52 Å². The summed E-state index contributed by atoms with van der Waals surface area (Å²) in [4.78, 5) is 16.3. The smallest absolute Gasteiger partial charge is 0.325 e. The molecule has 0 amide bonds. The van der Waals surface area contributed by atoms with Crippen LogP contribution in [0.25, 0.3) is 22.8 Å². The Hall–Kier alpha value is -3.82. The van der Waals surface area contributed by atoms with Crippen molar-refractivity contribution in [3.05, 3.63) is 90.5 Å². The van der Waals surface area contributed by atoms with Crippen LogP contribution in [0.15, 0.2) is 94.3 Å². The fourth-order valence-corrected chi connectivity index (χ4v) is 5.27. The molecule has 2 N–H and O–H groups in total. The first-order valence-electron chi connectivity index (χ1n) is 10.2. The number of aliphatic carboxylic acids is 1. The highest BCUT2D eigenvalue weighted by Crippen LogP contribution is 2.52. The minimum absolute atomic E-state index is 0.0441. The van der Waals surface area contributed by atoms with E-state index in [-0.39, 0.29) is 11.3 Å². The van der Waals surface area contributed by atoms with Gasteiger partial charge in [-0.05, 0) is 48.4 Å². The molecule has 0 spiro atoms. The van der Waals surface area contributed by atoms with Crippen LogP contribution in [0.5, 0.6) is 0 Å². The Morgan fingerprint density at radius 3 is 2.21 bits per heavy atom. The zero-order valence-corrected chi connectivity index (χ0v) is 18.1. The molecule has 9 heteroatoms. The molecule has 8 nitrogen and oxygen atoms in total. The van der Waals surface area contributed by atoms with Gasteiger partial charge in [-0.1, -0.05) is 53.7 Å². The predicted octanol–water partition coefficient (Wildman–Crippen LogP) is 3.69. The molecular weight excluding hydrogens is 442 g/mol. The number of sulfonamides is 1. The van der Waals surface area contributed by atoms with Crippen molar-refractivity contribution in [1.82, 2.24) is 14.9 Å². The molecule has 4 aromatic rings. The average Bonchev–Trinajstić information content (AvgIpc) is 3.34. The van der Waals surface area contributed by atoms with Crippen LogP contribution < -0.4 is 4.72 Å². The fourth-order valence-electron chi connectivity index (χ4n) is 3.86. The molecule has 5 rings (SSSR count). The van der Waals surface area contributed by atoms with Gasteiger partial charge >= 0.3 is 5.97 Å². The molecule has 0 aliphatic heterocycles. The van der Waals surface area contributed by atoms with Gasteiger partial charge in [-0.25, -0.2) is 8.42 Å². The molecule has 1 aliphatic rings. The SMILES string of the molecule is O=C(O)[C@@]1(NS(=O)(=O)c2ccc(-c3noc(-c4ccccc4)n3)cc2)C[C@H]1c1ccccc1. The Balaban J connectivity index is 1.37. The molecule has 2 atom stereocenters. The molecule has 1 fully saturated rings. The molecule has 0 unspecified atom stereocenters. The molecule has 166 valence electrons. The maximum Gasteiger partial charge on any atom is 0.325 e. The molecule has 1 aliphatic carbocycles. The van der Waals surface area contributed by atoms with Crippen molar-refractivity contribution in [2.45, 2.75) is 22.8 Å². The van der Waals surface area contributed by atoms with Crippen LogP contribution >= 0.6 is 0 Å². The highest BCUT2D eigenvalue weighted by atomic mass is 32.2. The highest BCUT2D eigenvalue weighted by Gasteiger charge is 2.63. The van der Waals surface area contributed by atoms with E-state index in [1.165, 1.54) is 12.1 Å². The standard InChI is InChI=1S/C24H19N3O5S/c28-23(29)24(15-20(24)16-7-3-1-4-8-16)27-33(30,31)19-13-11-17(12-14-19)21-25-22(32-26-21)18-9-5-2-6-10-18/h1-14,20,27H,15H2,(H,28,29)/t20-,24+/m0/s1. The average molecular weight is 461 g/mol. The number of carboxylic acid groups (broad SMARTS) is 1. The van der Waals surface area contributed by atoms with Gasteiger partial charge in [-0.15, -0.1) is 0 Å². The summed E-state index contributed by atoms with van der Waals surface area (Å²) in [6.07, 6.45) is 0.189. The van der Waals surface area contributed by atoms with Gasteiger partial charge in [0.15, 0.2) is 0 Å². The van der Waals surface area contributed by atoms with Crippen molar-refractivity contribution in [3.63, 3.8) is 0 Å². The first-order chi connectivity index (χ1) is 15.9. The van der Waals surface area contributed by atoms with E-state index in [2.05, 4.69) is 14.9 Å². The van der Waals surface area contributed by atoms with Crippen LogP contribution in [0.1, 0.15) is 17.9 Å². The summed E-state index contributed by atoms with van der Waals surface area (Å²) in [5, 5.41) is 13.7. The zero-order chi connectivity index (χ0) is 23.1. The van der Waals surface area contributed by atoms with Crippen molar-refractivity contribution >= 4 is 16.0 Å². The quantitative estimate of drug-likeness (QED) is 0.430. The van der Waals surface area contributed by atoms with Gasteiger partial charge in [0, 0.05) is 17.0 Å². The van der Waals surface area contributed by atoms with Crippen LogP contribution in [0.2, 0.25) is 0 Å². The number of nitrogens with zero attached hydrogens (tertiary/aromatic N) is 2. The third kappa shape index (κ3) is 3.92. The number of aromatic nitrogens is 2. The molecule has 1 aromatic heterocycles. The number of rotatable bonds is 7. The van der Waals surface area contributed by atoms with Crippen LogP contribution in [-0.2, 0) is 14.8 Å². The second-order valence-corrected chi connectivity index (χ2v) is 9.55. The number of carboxylic acids is 1. The summed E-state index contributed by atoms with van der Waals surface area (Å²) < 4.78 is 33.7. The van der Waals surface area contributed by atoms with Gasteiger partial charge in [-0.2, -0.15) is 9.71 Å². The van der Waals surface area contributed by atoms with Crippen LogP contribution in [-0.4, -0.2) is 35.2 Å². The van der Waals surface area contributed by atoms with Gasteiger partial charge in [0.05, 0.1) is 4.90 Å². The monoisotopic (exact) mass is 461 g/mol. The van der Waals surface area contributed by atoms with Crippen molar-refractivity contribution < 1.29 is 22.8 Å². The van der Waals surface area contributed by atoms with Crippen LogP contribution in [0, 0.1) is 0 Å². The van der Waals surface area contributed by atoms with Crippen molar-refractivity contribution in [2.75, 3.05) is 0 Å². The second-order valence-electron chi connectivity index (χ2n) is 7.86. The Labute approximate surface area is 190 Å². The topological polar surface area (TPSA) is 122 Å². The first-order valence-corrected chi connectivity index (χ1v) is 11.7. The maximum atomic E-state index is 13.0. The van der Waals surface area contributed by atoms with Crippen LogP contribution in [0.4, 0.5) is 0 Å². The lowest BCUT2D eigenvalue weighted by molar-refractivity contribution is -0.140.